The second-order valence-corrected chi connectivity index (χ2v) is 6.41. The average Bonchev–Trinajstić information content (AvgIpc) is 3.15. The first-order valence-electron chi connectivity index (χ1n) is 9.00. The average molecular weight is 358 g/mol. The SMILES string of the molecule is CC.CC1=NO[C@@H](C)C1.CC1C[C@H](C)OC1=O.C[C@H]1CN(C)C(=O)O1. The second kappa shape index (κ2) is 11.7. The van der Waals surface area contributed by atoms with Gasteiger partial charge in [0, 0.05) is 13.5 Å². The van der Waals surface area contributed by atoms with E-state index in [0.29, 0.717) is 6.10 Å². The third kappa shape index (κ3) is 9.31. The lowest BCUT2D eigenvalue weighted by atomic mass is 10.1. The Balaban J connectivity index is 0.000000330. The molecule has 0 spiro atoms. The molecule has 7 nitrogen and oxygen atoms in total. The standard InChI is InChI=1S/C6H10O2.C5H9NO2.C5H9NO.C2H6/c1-4-3-5(2)8-6(4)7;1-4-3-6(2)5(7)8-4;1-4-3-5(2)7-6-4;1-2/h4-5H,3H2,1-2H3;4H,3H2,1-2H3;5H,3H2,1-2H3;1-2H3/t4?,5-;4-;5-;/m000./s1. The molecule has 0 radical (unpaired) electrons. The summed E-state index contributed by atoms with van der Waals surface area (Å²) in [5, 5.41) is 3.73. The van der Waals surface area contributed by atoms with Crippen LogP contribution in [0.15, 0.2) is 5.16 Å². The Morgan fingerprint density at radius 2 is 1.60 bits per heavy atom. The highest BCUT2D eigenvalue weighted by molar-refractivity contribution is 5.82. The summed E-state index contributed by atoms with van der Waals surface area (Å²) in [4.78, 5) is 27.5. The number of carbonyl (C=O) groups is 2. The minimum absolute atomic E-state index is 0.0440. The Bertz CT molecular complexity index is 425. The molecule has 0 aliphatic carbocycles. The number of hydrogen-bond donors (Lipinski definition) is 0. The van der Waals surface area contributed by atoms with Crippen molar-refractivity contribution in [1.29, 1.82) is 0 Å². The van der Waals surface area contributed by atoms with Crippen LogP contribution < -0.4 is 0 Å². The molecule has 2 saturated heterocycles. The number of cyclic esters (lactones) is 2. The quantitative estimate of drug-likeness (QED) is 0.618. The fourth-order valence-corrected chi connectivity index (χ4v) is 2.39. The summed E-state index contributed by atoms with van der Waals surface area (Å²) in [6.45, 7) is 14.4. The molecule has 25 heavy (non-hydrogen) atoms. The van der Waals surface area contributed by atoms with Gasteiger partial charge in [-0.1, -0.05) is 25.9 Å². The first-order valence-corrected chi connectivity index (χ1v) is 9.00. The monoisotopic (exact) mass is 358 g/mol. The van der Waals surface area contributed by atoms with Gasteiger partial charge >= 0.3 is 12.1 Å². The summed E-state index contributed by atoms with van der Waals surface area (Å²) in [5.74, 6) is 0.0856. The van der Waals surface area contributed by atoms with Gasteiger partial charge in [0.2, 0.25) is 0 Å². The summed E-state index contributed by atoms with van der Waals surface area (Å²) in [6.07, 6.45) is 2.22. The second-order valence-electron chi connectivity index (χ2n) is 6.41. The Labute approximate surface area is 151 Å². The first kappa shape index (κ1) is 23.2. The number of nitrogens with zero attached hydrogens (tertiary/aromatic N) is 2. The largest absolute Gasteiger partial charge is 0.462 e. The molecule has 1 unspecified atom stereocenters. The van der Waals surface area contributed by atoms with Gasteiger partial charge in [-0.25, -0.2) is 4.79 Å². The predicted molar refractivity (Wildman–Crippen MR) is 97.5 cm³/mol. The normalized spacial score (nSPS) is 29.6. The lowest BCUT2D eigenvalue weighted by Crippen LogP contribution is -2.18. The van der Waals surface area contributed by atoms with E-state index in [2.05, 4.69) is 5.16 Å². The number of esters is 1. The summed E-state index contributed by atoms with van der Waals surface area (Å²) in [6, 6.07) is 0. The molecule has 0 saturated carbocycles. The van der Waals surface area contributed by atoms with Crippen molar-refractivity contribution < 1.29 is 23.9 Å². The molecule has 2 fully saturated rings. The fraction of sp³-hybridized carbons (Fsp3) is 0.833. The van der Waals surface area contributed by atoms with Crippen molar-refractivity contribution in [2.45, 2.75) is 79.6 Å². The van der Waals surface area contributed by atoms with Crippen molar-refractivity contribution >= 4 is 17.8 Å². The van der Waals surface area contributed by atoms with Crippen LogP contribution in [0.5, 0.6) is 0 Å². The van der Waals surface area contributed by atoms with Gasteiger partial charge in [-0.05, 0) is 34.1 Å². The van der Waals surface area contributed by atoms with E-state index in [1.54, 1.807) is 11.9 Å². The van der Waals surface area contributed by atoms with E-state index in [0.717, 1.165) is 25.1 Å². The summed E-state index contributed by atoms with van der Waals surface area (Å²) >= 11 is 0. The molecule has 0 aromatic heterocycles. The minimum atomic E-state index is -0.211. The van der Waals surface area contributed by atoms with Crippen LogP contribution in [0.3, 0.4) is 0 Å². The van der Waals surface area contributed by atoms with Gasteiger partial charge in [0.25, 0.3) is 0 Å². The lowest BCUT2D eigenvalue weighted by Gasteiger charge is -1.99. The van der Waals surface area contributed by atoms with Gasteiger partial charge < -0.3 is 19.2 Å². The zero-order valence-electron chi connectivity index (χ0n) is 16.9. The molecule has 0 aromatic rings. The first-order chi connectivity index (χ1) is 11.7. The van der Waals surface area contributed by atoms with E-state index in [9.17, 15) is 9.59 Å². The van der Waals surface area contributed by atoms with Crippen LogP contribution in [0, 0.1) is 5.92 Å². The fourth-order valence-electron chi connectivity index (χ4n) is 2.39. The van der Waals surface area contributed by atoms with Crippen LogP contribution in [-0.4, -0.2) is 54.6 Å². The number of rotatable bonds is 0. The lowest BCUT2D eigenvalue weighted by molar-refractivity contribution is -0.143. The molecular formula is C18H34N2O5. The van der Waals surface area contributed by atoms with Crippen LogP contribution >= 0.6 is 0 Å². The van der Waals surface area contributed by atoms with E-state index in [1.807, 2.05) is 48.5 Å². The van der Waals surface area contributed by atoms with Gasteiger partial charge in [-0.15, -0.1) is 0 Å². The molecule has 7 heteroatoms. The highest BCUT2D eigenvalue weighted by atomic mass is 16.6. The molecular weight excluding hydrogens is 324 g/mol. The zero-order chi connectivity index (χ0) is 19.6. The van der Waals surface area contributed by atoms with E-state index >= 15 is 0 Å². The number of ether oxygens (including phenoxy) is 2. The van der Waals surface area contributed by atoms with E-state index in [1.165, 1.54) is 0 Å². The van der Waals surface area contributed by atoms with Gasteiger partial charge in [-0.3, -0.25) is 4.79 Å². The van der Waals surface area contributed by atoms with Crippen LogP contribution in [0.25, 0.3) is 0 Å². The molecule has 4 atom stereocenters. The molecule has 1 amide bonds. The Morgan fingerprint density at radius 3 is 1.72 bits per heavy atom. The number of likely N-dealkylation sites (N-methyl/N-ethyl adjacent to an activating group) is 1. The van der Waals surface area contributed by atoms with E-state index in [-0.39, 0.29) is 30.2 Å². The molecule has 0 aromatic carbocycles. The number of amides is 1. The highest BCUT2D eigenvalue weighted by Gasteiger charge is 2.27. The van der Waals surface area contributed by atoms with Gasteiger partial charge in [0.05, 0.1) is 24.3 Å². The van der Waals surface area contributed by atoms with Crippen LogP contribution in [0.2, 0.25) is 0 Å². The third-order valence-corrected chi connectivity index (χ3v) is 3.52. The van der Waals surface area contributed by atoms with Crippen molar-refractivity contribution in [2.24, 2.45) is 11.1 Å². The van der Waals surface area contributed by atoms with Crippen molar-refractivity contribution in [1.82, 2.24) is 4.90 Å². The van der Waals surface area contributed by atoms with Crippen molar-refractivity contribution in [3.05, 3.63) is 0 Å². The number of carbonyl (C=O) groups excluding carboxylic acids is 2. The molecule has 3 aliphatic rings. The zero-order valence-corrected chi connectivity index (χ0v) is 16.9. The van der Waals surface area contributed by atoms with Crippen molar-refractivity contribution in [3.8, 4) is 0 Å². The topological polar surface area (TPSA) is 77.4 Å². The van der Waals surface area contributed by atoms with Crippen molar-refractivity contribution in [2.75, 3.05) is 13.6 Å². The smallest absolute Gasteiger partial charge is 0.409 e. The van der Waals surface area contributed by atoms with E-state index in [4.69, 9.17) is 14.3 Å². The summed E-state index contributed by atoms with van der Waals surface area (Å²) in [5.41, 5.74) is 1.10. The molecule has 3 rings (SSSR count). The molecule has 3 aliphatic heterocycles. The Morgan fingerprint density at radius 1 is 1.00 bits per heavy atom. The number of oxime groups is 1. The minimum Gasteiger partial charge on any atom is -0.462 e. The molecule has 3 heterocycles. The Kier molecular flexibility index (Phi) is 10.9. The maximum Gasteiger partial charge on any atom is 0.409 e. The van der Waals surface area contributed by atoms with Crippen LogP contribution in [0.4, 0.5) is 4.79 Å². The van der Waals surface area contributed by atoms with Crippen LogP contribution in [-0.2, 0) is 19.1 Å². The van der Waals surface area contributed by atoms with Gasteiger partial charge in [0.1, 0.15) is 12.2 Å². The predicted octanol–water partition coefficient (Wildman–Crippen LogP) is 3.61. The van der Waals surface area contributed by atoms with Gasteiger partial charge in [0.15, 0.2) is 0 Å². The van der Waals surface area contributed by atoms with Crippen LogP contribution in [0.1, 0.15) is 61.3 Å². The highest BCUT2D eigenvalue weighted by Crippen LogP contribution is 2.18. The molecule has 0 bridgehead atoms. The molecule has 146 valence electrons. The maximum absolute atomic E-state index is 10.6. The number of hydrogen-bond acceptors (Lipinski definition) is 6. The summed E-state index contributed by atoms with van der Waals surface area (Å²) in [7, 11) is 1.73. The molecule has 0 N–H and O–H groups in total. The van der Waals surface area contributed by atoms with Crippen molar-refractivity contribution in [3.63, 3.8) is 0 Å². The third-order valence-electron chi connectivity index (χ3n) is 3.52. The summed E-state index contributed by atoms with van der Waals surface area (Å²) < 4.78 is 9.59. The Hall–Kier alpha value is -1.79. The maximum atomic E-state index is 10.6. The van der Waals surface area contributed by atoms with Gasteiger partial charge in [-0.2, -0.15) is 0 Å². The van der Waals surface area contributed by atoms with E-state index < -0.39 is 0 Å².